The fourth-order valence-corrected chi connectivity index (χ4v) is 8.48. The molecule has 3 atom stereocenters. The van der Waals surface area contributed by atoms with Gasteiger partial charge in [0.1, 0.15) is 0 Å². The van der Waals surface area contributed by atoms with Crippen LogP contribution in [0.3, 0.4) is 0 Å². The Kier molecular flexibility index (Phi) is 7.75. The van der Waals surface area contributed by atoms with Gasteiger partial charge in [-0.15, -0.1) is 0 Å². The van der Waals surface area contributed by atoms with Crippen molar-refractivity contribution in [2.24, 2.45) is 17.8 Å². The van der Waals surface area contributed by atoms with E-state index in [1.807, 2.05) is 12.2 Å². The highest BCUT2D eigenvalue weighted by molar-refractivity contribution is 7.92. The number of hydrogen-bond donors (Lipinski definition) is 3. The minimum Gasteiger partial charge on any atom is -0.387 e. The fourth-order valence-electron chi connectivity index (χ4n) is 6.08. The summed E-state index contributed by atoms with van der Waals surface area (Å²) in [6, 6.07) is 4.80. The molecule has 0 aliphatic heterocycles. The first-order valence-electron chi connectivity index (χ1n) is 13.0. The maximum Gasteiger partial charge on any atom is 0.255 e. The third-order valence-electron chi connectivity index (χ3n) is 8.44. The van der Waals surface area contributed by atoms with Gasteiger partial charge in [-0.1, -0.05) is 23.8 Å². The van der Waals surface area contributed by atoms with Gasteiger partial charge in [-0.2, -0.15) is 0 Å². The predicted molar refractivity (Wildman–Crippen MR) is 142 cm³/mol. The third kappa shape index (κ3) is 5.26. The second-order valence-corrected chi connectivity index (χ2v) is 13.4. The summed E-state index contributed by atoms with van der Waals surface area (Å²) < 4.78 is 67.5. The summed E-state index contributed by atoms with van der Waals surface area (Å²) in [7, 11) is -4.03. The normalized spacial score (nSPS) is 27.5. The molecule has 0 saturated heterocycles. The first kappa shape index (κ1) is 28.6. The maximum atomic E-state index is 13.6. The highest BCUT2D eigenvalue weighted by Gasteiger charge is 2.60. The van der Waals surface area contributed by atoms with E-state index >= 15 is 0 Å². The lowest BCUT2D eigenvalue weighted by molar-refractivity contribution is -0.174. The number of sulfone groups is 1. The van der Waals surface area contributed by atoms with E-state index in [1.165, 1.54) is 12.1 Å². The van der Waals surface area contributed by atoms with Crippen LogP contribution in [0.25, 0.3) is 0 Å². The monoisotopic (exact) mass is 596 g/mol. The van der Waals surface area contributed by atoms with Crippen molar-refractivity contribution >= 4 is 38.9 Å². The quantitative estimate of drug-likeness (QED) is 0.314. The van der Waals surface area contributed by atoms with Gasteiger partial charge in [-0.25, -0.2) is 21.6 Å². The topological polar surface area (TPSA) is 113 Å². The Morgan fingerprint density at radius 3 is 2.33 bits per heavy atom. The smallest absolute Gasteiger partial charge is 0.255 e. The molecule has 0 radical (unpaired) electrons. The SMILES string of the molecule is O=C(Nc1cc(F)c(F)c(F)c1)c1ccc(Cl)c(S(=O)(=O)[C@H]2CC3CC(C2)[C@]3(O)CNC(=O)C2CC=CCC2)c1. The van der Waals surface area contributed by atoms with E-state index in [0.29, 0.717) is 25.0 Å². The summed E-state index contributed by atoms with van der Waals surface area (Å²) in [5.41, 5.74) is -1.66. The van der Waals surface area contributed by atoms with Gasteiger partial charge in [0.25, 0.3) is 5.91 Å². The van der Waals surface area contributed by atoms with Gasteiger partial charge >= 0.3 is 0 Å². The lowest BCUT2D eigenvalue weighted by Gasteiger charge is -2.58. The van der Waals surface area contributed by atoms with Gasteiger partial charge in [-0.3, -0.25) is 9.59 Å². The molecule has 3 N–H and O–H groups in total. The van der Waals surface area contributed by atoms with Gasteiger partial charge < -0.3 is 15.7 Å². The minimum absolute atomic E-state index is 0.0646. The summed E-state index contributed by atoms with van der Waals surface area (Å²) in [5, 5.41) is 15.4. The molecule has 3 fully saturated rings. The Hall–Kier alpha value is -2.89. The number of benzene rings is 2. The van der Waals surface area contributed by atoms with Gasteiger partial charge in [-0.05, 0) is 68.6 Å². The van der Waals surface area contributed by atoms with Crippen LogP contribution in [0, 0.1) is 35.2 Å². The number of aliphatic hydroxyl groups is 1. The van der Waals surface area contributed by atoms with Crippen LogP contribution in [0.2, 0.25) is 5.02 Å². The molecule has 4 aliphatic rings. The number of fused-ring (bicyclic) bond motifs is 2. The van der Waals surface area contributed by atoms with Gasteiger partial charge in [0.15, 0.2) is 27.3 Å². The van der Waals surface area contributed by atoms with Crippen LogP contribution in [0.4, 0.5) is 18.9 Å². The average molecular weight is 597 g/mol. The molecule has 0 spiro atoms. The van der Waals surface area contributed by atoms with Crippen LogP contribution >= 0.6 is 11.6 Å². The Balaban J connectivity index is 1.27. The summed E-state index contributed by atoms with van der Waals surface area (Å²) in [6.07, 6.45) is 7.24. The van der Waals surface area contributed by atoms with E-state index in [-0.39, 0.29) is 64.2 Å². The molecular formula is C28H28ClF3N2O5S. The zero-order chi connectivity index (χ0) is 28.8. The van der Waals surface area contributed by atoms with Crippen molar-refractivity contribution < 1.29 is 36.3 Å². The van der Waals surface area contributed by atoms with Crippen molar-refractivity contribution in [1.29, 1.82) is 0 Å². The number of anilines is 1. The summed E-state index contributed by atoms with van der Waals surface area (Å²) in [6.45, 7) is 0.0646. The first-order chi connectivity index (χ1) is 18.9. The number of nitrogens with one attached hydrogen (secondary N) is 2. The molecule has 12 heteroatoms. The Morgan fingerprint density at radius 1 is 1.02 bits per heavy atom. The van der Waals surface area contributed by atoms with Crippen molar-refractivity contribution in [2.45, 2.75) is 54.3 Å². The van der Waals surface area contributed by atoms with Gasteiger partial charge in [0.05, 0.1) is 20.8 Å². The van der Waals surface area contributed by atoms with Crippen LogP contribution in [0.5, 0.6) is 0 Å². The molecule has 40 heavy (non-hydrogen) atoms. The Morgan fingerprint density at radius 2 is 1.70 bits per heavy atom. The lowest BCUT2D eigenvalue weighted by atomic mass is 9.53. The van der Waals surface area contributed by atoms with Crippen molar-refractivity contribution in [1.82, 2.24) is 5.32 Å². The van der Waals surface area contributed by atoms with Crippen molar-refractivity contribution in [3.63, 3.8) is 0 Å². The van der Waals surface area contributed by atoms with Crippen LogP contribution < -0.4 is 10.6 Å². The Bertz CT molecular complexity index is 1460. The molecule has 2 amide bonds. The van der Waals surface area contributed by atoms with Crippen LogP contribution in [0.15, 0.2) is 47.4 Å². The number of rotatable bonds is 7. The molecule has 0 heterocycles. The number of carbonyl (C=O) groups is 2. The first-order valence-corrected chi connectivity index (χ1v) is 15.0. The second kappa shape index (κ2) is 10.8. The molecule has 2 bridgehead atoms. The second-order valence-electron chi connectivity index (χ2n) is 10.8. The van der Waals surface area contributed by atoms with Crippen molar-refractivity contribution in [3.8, 4) is 0 Å². The zero-order valence-electron chi connectivity index (χ0n) is 21.3. The molecule has 214 valence electrons. The van der Waals surface area contributed by atoms with E-state index in [9.17, 15) is 36.3 Å². The summed E-state index contributed by atoms with van der Waals surface area (Å²) in [5.74, 6) is -6.43. The number of hydrogen-bond acceptors (Lipinski definition) is 5. The third-order valence-corrected chi connectivity index (χ3v) is 11.1. The molecule has 3 saturated carbocycles. The van der Waals surface area contributed by atoms with E-state index in [2.05, 4.69) is 10.6 Å². The molecular weight excluding hydrogens is 569 g/mol. The van der Waals surface area contributed by atoms with Crippen LogP contribution in [-0.2, 0) is 14.6 Å². The molecule has 6 rings (SSSR count). The largest absolute Gasteiger partial charge is 0.387 e. The van der Waals surface area contributed by atoms with Crippen molar-refractivity contribution in [2.75, 3.05) is 11.9 Å². The fraction of sp³-hybridized carbons (Fsp3) is 0.429. The van der Waals surface area contributed by atoms with Crippen LogP contribution in [0.1, 0.15) is 48.9 Å². The van der Waals surface area contributed by atoms with Crippen molar-refractivity contribution in [3.05, 3.63) is 70.5 Å². The van der Waals surface area contributed by atoms with Gasteiger partial charge in [0.2, 0.25) is 5.91 Å². The molecule has 7 nitrogen and oxygen atoms in total. The highest BCUT2D eigenvalue weighted by Crippen LogP contribution is 2.55. The standard InChI is InChI=1S/C28H28ClF3N2O5S/c29-21-7-6-16(27(36)34-19-12-22(30)25(32)23(31)13-19)8-24(21)40(38,39)20-10-17-9-18(11-20)28(17,37)14-33-26(35)15-4-2-1-3-5-15/h1-2,6-8,12-13,15,17-18,20,37H,3-5,9-11,14H2,(H,33,35)(H,34,36)/t15?,17?,18?,20-,28-. The Labute approximate surface area is 234 Å². The molecule has 4 aliphatic carbocycles. The zero-order valence-corrected chi connectivity index (χ0v) is 22.9. The molecule has 0 aromatic heterocycles. The highest BCUT2D eigenvalue weighted by atomic mass is 35.5. The maximum absolute atomic E-state index is 13.6. The average Bonchev–Trinajstić information content (AvgIpc) is 2.94. The molecule has 2 aromatic rings. The molecule has 3 unspecified atom stereocenters. The van der Waals surface area contributed by atoms with E-state index in [1.54, 1.807) is 0 Å². The van der Waals surface area contributed by atoms with Gasteiger partial charge in [0, 0.05) is 35.8 Å². The number of carbonyl (C=O) groups excluding carboxylic acids is 2. The minimum atomic E-state index is -4.03. The predicted octanol–water partition coefficient (Wildman–Crippen LogP) is 4.79. The summed E-state index contributed by atoms with van der Waals surface area (Å²) in [4.78, 5) is 25.0. The number of halogens is 4. The van der Waals surface area contributed by atoms with Crippen LogP contribution in [-0.4, -0.2) is 42.7 Å². The molecule has 2 aromatic carbocycles. The number of amides is 2. The van der Waals surface area contributed by atoms with E-state index in [4.69, 9.17) is 11.6 Å². The number of allylic oxidation sites excluding steroid dienone is 2. The van der Waals surface area contributed by atoms with E-state index < -0.39 is 44.0 Å². The lowest BCUT2D eigenvalue weighted by Crippen LogP contribution is -2.66. The summed E-state index contributed by atoms with van der Waals surface area (Å²) >= 11 is 6.23. The van der Waals surface area contributed by atoms with E-state index in [0.717, 1.165) is 18.9 Å².